The molecule has 0 atom stereocenters. The number of ether oxygens (including phenoxy) is 1. The molecule has 0 aliphatic rings. The number of aromatic nitrogens is 1. The van der Waals surface area contributed by atoms with E-state index in [9.17, 15) is 25.1 Å². The van der Waals surface area contributed by atoms with Crippen molar-refractivity contribution in [3.63, 3.8) is 0 Å². The number of hydrogen-bond acceptors (Lipinski definition) is 6. The predicted molar refractivity (Wildman–Crippen MR) is 109 cm³/mol. The molecule has 0 saturated carbocycles. The second kappa shape index (κ2) is 8.41. The summed E-state index contributed by atoms with van der Waals surface area (Å²) in [5.74, 6) is -1.95. The van der Waals surface area contributed by atoms with E-state index in [-0.39, 0.29) is 17.1 Å². The van der Waals surface area contributed by atoms with Gasteiger partial charge >= 0.3 is 5.97 Å². The number of nitrogens with one attached hydrogen (secondary N) is 1. The minimum atomic E-state index is -0.922. The smallest absolute Gasteiger partial charge is 0.342 e. The summed E-state index contributed by atoms with van der Waals surface area (Å²) >= 11 is 0. The van der Waals surface area contributed by atoms with E-state index in [4.69, 9.17) is 4.74 Å². The summed E-state index contributed by atoms with van der Waals surface area (Å²) in [5.41, 5.74) is 2.41. The Bertz CT molecular complexity index is 1160. The van der Waals surface area contributed by atoms with Gasteiger partial charge in [0, 0.05) is 17.4 Å². The first kappa shape index (κ1) is 20.5. The van der Waals surface area contributed by atoms with Crippen LogP contribution >= 0.6 is 0 Å². The number of para-hydroxylation sites is 1. The Morgan fingerprint density at radius 3 is 2.47 bits per heavy atom. The molecule has 1 aromatic heterocycles. The average Bonchev–Trinajstić information content (AvgIpc) is 2.96. The molecule has 3 aromatic rings. The van der Waals surface area contributed by atoms with Gasteiger partial charge in [-0.2, -0.15) is 5.26 Å². The average molecular weight is 405 g/mol. The molecular formula is C22H19N3O5. The maximum atomic E-state index is 12.4. The summed E-state index contributed by atoms with van der Waals surface area (Å²) in [5, 5.41) is 31.2. The molecule has 3 rings (SSSR count). The molecule has 0 bridgehead atoms. The van der Waals surface area contributed by atoms with Gasteiger partial charge in [0.15, 0.2) is 6.61 Å². The van der Waals surface area contributed by atoms with Gasteiger partial charge in [0.2, 0.25) is 0 Å². The number of rotatable bonds is 5. The maximum absolute atomic E-state index is 12.4. The number of carbonyl (C=O) groups is 2. The molecule has 30 heavy (non-hydrogen) atoms. The third-order valence-electron chi connectivity index (χ3n) is 4.63. The van der Waals surface area contributed by atoms with Crippen molar-refractivity contribution in [2.45, 2.75) is 13.8 Å². The molecule has 1 heterocycles. The lowest BCUT2D eigenvalue weighted by molar-refractivity contribution is -0.119. The Labute approximate surface area is 172 Å². The highest BCUT2D eigenvalue weighted by Crippen LogP contribution is 2.30. The molecule has 152 valence electrons. The quantitative estimate of drug-likeness (QED) is 0.560. The third kappa shape index (κ3) is 3.95. The van der Waals surface area contributed by atoms with Crippen LogP contribution in [0.15, 0.2) is 48.5 Å². The molecule has 0 aliphatic carbocycles. The molecule has 2 aromatic carbocycles. The second-order valence-corrected chi connectivity index (χ2v) is 6.54. The largest absolute Gasteiger partial charge is 0.508 e. The van der Waals surface area contributed by atoms with Crippen molar-refractivity contribution in [3.8, 4) is 23.3 Å². The van der Waals surface area contributed by atoms with Gasteiger partial charge in [-0.1, -0.05) is 18.2 Å². The zero-order chi connectivity index (χ0) is 21.8. The number of esters is 1. The van der Waals surface area contributed by atoms with E-state index in [0.29, 0.717) is 5.56 Å². The Morgan fingerprint density at radius 2 is 1.83 bits per heavy atom. The van der Waals surface area contributed by atoms with Gasteiger partial charge in [0.1, 0.15) is 28.9 Å². The van der Waals surface area contributed by atoms with Gasteiger partial charge in [0.25, 0.3) is 5.91 Å². The van der Waals surface area contributed by atoms with Crippen molar-refractivity contribution in [3.05, 3.63) is 70.9 Å². The van der Waals surface area contributed by atoms with Gasteiger partial charge in [-0.25, -0.2) is 4.79 Å². The number of phenolic OH excluding ortho intramolecular Hbond substituents is 2. The van der Waals surface area contributed by atoms with Crippen LogP contribution in [0.25, 0.3) is 5.69 Å². The van der Waals surface area contributed by atoms with E-state index in [1.165, 1.54) is 12.1 Å². The van der Waals surface area contributed by atoms with E-state index in [1.807, 2.05) is 37.3 Å². The molecule has 0 unspecified atom stereocenters. The minimum absolute atomic E-state index is 0.183. The fourth-order valence-corrected chi connectivity index (χ4v) is 3.03. The predicted octanol–water partition coefficient (Wildman–Crippen LogP) is 3.17. The monoisotopic (exact) mass is 405 g/mol. The van der Waals surface area contributed by atoms with E-state index >= 15 is 0 Å². The van der Waals surface area contributed by atoms with Crippen molar-refractivity contribution >= 4 is 17.7 Å². The summed E-state index contributed by atoms with van der Waals surface area (Å²) in [7, 11) is 0. The van der Waals surface area contributed by atoms with E-state index in [1.54, 1.807) is 11.5 Å². The number of phenols is 2. The standard InChI is InChI=1S/C22H19N3O5/c1-13-14(2)25(15-6-4-3-5-7-15)21(18(13)11-23)24-20(28)12-30-22(29)17-9-8-16(26)10-19(17)27/h3-10,26-27H,12H2,1-2H3,(H,24,28). The number of amides is 1. The van der Waals surface area contributed by atoms with Gasteiger partial charge in [0.05, 0.1) is 5.56 Å². The van der Waals surface area contributed by atoms with Crippen LogP contribution in [0.3, 0.4) is 0 Å². The maximum Gasteiger partial charge on any atom is 0.342 e. The van der Waals surface area contributed by atoms with Crippen LogP contribution in [-0.2, 0) is 9.53 Å². The molecule has 3 N–H and O–H groups in total. The van der Waals surface area contributed by atoms with Crippen LogP contribution in [0.4, 0.5) is 5.82 Å². The van der Waals surface area contributed by atoms with E-state index in [0.717, 1.165) is 23.0 Å². The zero-order valence-corrected chi connectivity index (χ0v) is 16.3. The highest BCUT2D eigenvalue weighted by molar-refractivity contribution is 5.97. The van der Waals surface area contributed by atoms with Crippen molar-refractivity contribution < 1.29 is 24.5 Å². The third-order valence-corrected chi connectivity index (χ3v) is 4.63. The Kier molecular flexibility index (Phi) is 5.74. The van der Waals surface area contributed by atoms with Crippen LogP contribution in [0.1, 0.15) is 27.2 Å². The van der Waals surface area contributed by atoms with Crippen molar-refractivity contribution in [1.82, 2.24) is 4.57 Å². The minimum Gasteiger partial charge on any atom is -0.508 e. The topological polar surface area (TPSA) is 125 Å². The SMILES string of the molecule is Cc1c(C#N)c(NC(=O)COC(=O)c2ccc(O)cc2O)n(-c2ccccc2)c1C. The number of benzene rings is 2. The van der Waals surface area contributed by atoms with Crippen LogP contribution in [0, 0.1) is 25.2 Å². The van der Waals surface area contributed by atoms with Crippen LogP contribution < -0.4 is 5.32 Å². The summed E-state index contributed by atoms with van der Waals surface area (Å²) in [6.07, 6.45) is 0. The van der Waals surface area contributed by atoms with Gasteiger partial charge in [-0.3, -0.25) is 9.36 Å². The molecular weight excluding hydrogens is 386 g/mol. The first-order valence-corrected chi connectivity index (χ1v) is 8.99. The van der Waals surface area contributed by atoms with Crippen LogP contribution in [-0.4, -0.2) is 33.3 Å². The van der Waals surface area contributed by atoms with Crippen molar-refractivity contribution in [2.75, 3.05) is 11.9 Å². The summed E-state index contributed by atoms with van der Waals surface area (Å²) in [4.78, 5) is 24.5. The Hall–Kier alpha value is -4.25. The number of anilines is 1. The Balaban J connectivity index is 1.81. The Morgan fingerprint density at radius 1 is 1.13 bits per heavy atom. The summed E-state index contributed by atoms with van der Waals surface area (Å²) in [6.45, 7) is 3.01. The van der Waals surface area contributed by atoms with Crippen molar-refractivity contribution in [2.24, 2.45) is 0 Å². The number of nitrogens with zero attached hydrogens (tertiary/aromatic N) is 2. The van der Waals surface area contributed by atoms with Crippen molar-refractivity contribution in [1.29, 1.82) is 5.26 Å². The first-order chi connectivity index (χ1) is 14.3. The molecule has 8 nitrogen and oxygen atoms in total. The lowest BCUT2D eigenvalue weighted by Crippen LogP contribution is -2.23. The molecule has 0 saturated heterocycles. The lowest BCUT2D eigenvalue weighted by atomic mass is 10.2. The van der Waals surface area contributed by atoms with Crippen LogP contribution in [0.5, 0.6) is 11.5 Å². The number of aromatic hydroxyl groups is 2. The number of hydrogen-bond donors (Lipinski definition) is 3. The first-order valence-electron chi connectivity index (χ1n) is 8.99. The molecule has 0 spiro atoms. The normalized spacial score (nSPS) is 10.3. The molecule has 0 radical (unpaired) electrons. The van der Waals surface area contributed by atoms with Gasteiger partial charge < -0.3 is 20.3 Å². The van der Waals surface area contributed by atoms with Gasteiger partial charge in [-0.05, 0) is 43.7 Å². The molecule has 0 aliphatic heterocycles. The number of nitriles is 1. The highest BCUT2D eigenvalue weighted by atomic mass is 16.5. The van der Waals surface area contributed by atoms with Gasteiger partial charge in [-0.15, -0.1) is 0 Å². The van der Waals surface area contributed by atoms with E-state index in [2.05, 4.69) is 11.4 Å². The van der Waals surface area contributed by atoms with Crippen LogP contribution in [0.2, 0.25) is 0 Å². The fraction of sp³-hybridized carbons (Fsp3) is 0.136. The summed E-state index contributed by atoms with van der Waals surface area (Å²) in [6, 6.07) is 14.7. The summed E-state index contributed by atoms with van der Waals surface area (Å²) < 4.78 is 6.70. The zero-order valence-electron chi connectivity index (χ0n) is 16.3. The molecule has 0 fully saturated rings. The fourth-order valence-electron chi connectivity index (χ4n) is 3.03. The lowest BCUT2D eigenvalue weighted by Gasteiger charge is -2.13. The van der Waals surface area contributed by atoms with E-state index < -0.39 is 24.2 Å². The highest BCUT2D eigenvalue weighted by Gasteiger charge is 2.21. The second-order valence-electron chi connectivity index (χ2n) is 6.54. The molecule has 1 amide bonds. The molecule has 8 heteroatoms. The number of carbonyl (C=O) groups excluding carboxylic acids is 2.